The average Bonchev–Trinajstić information content (AvgIpc) is 2.74. The first-order valence-electron chi connectivity index (χ1n) is 10.4. The highest BCUT2D eigenvalue weighted by atomic mass is 16.5. The van der Waals surface area contributed by atoms with Crippen molar-refractivity contribution in [3.8, 4) is 0 Å². The predicted molar refractivity (Wildman–Crippen MR) is 121 cm³/mol. The van der Waals surface area contributed by atoms with Crippen LogP contribution in [0.1, 0.15) is 60.0 Å². The Morgan fingerprint density at radius 2 is 1.34 bits per heavy atom. The molecule has 0 atom stereocenters. The van der Waals surface area contributed by atoms with Crippen molar-refractivity contribution in [3.63, 3.8) is 0 Å². The van der Waals surface area contributed by atoms with E-state index in [0.29, 0.717) is 12.2 Å². The van der Waals surface area contributed by atoms with E-state index in [-0.39, 0.29) is 12.6 Å². The zero-order chi connectivity index (χ0) is 20.9. The van der Waals surface area contributed by atoms with Gasteiger partial charge in [-0.2, -0.15) is 0 Å². The summed E-state index contributed by atoms with van der Waals surface area (Å²) < 4.78 is 5.35. The van der Waals surface area contributed by atoms with Gasteiger partial charge in [0.2, 0.25) is 0 Å². The number of hydrogen-bond acceptors (Lipinski definition) is 4. The number of ether oxygens (including phenoxy) is 1. The minimum atomic E-state index is -0.264. The molecule has 2 rings (SSSR count). The zero-order valence-corrected chi connectivity index (χ0v) is 17.6. The Balaban J connectivity index is 1.73. The van der Waals surface area contributed by atoms with Crippen LogP contribution in [0.15, 0.2) is 48.5 Å². The lowest BCUT2D eigenvalue weighted by Gasteiger charge is -2.11. The van der Waals surface area contributed by atoms with E-state index in [1.807, 2.05) is 44.4 Å². The lowest BCUT2D eigenvalue weighted by Crippen LogP contribution is -2.07. The van der Waals surface area contributed by atoms with Crippen LogP contribution in [0.4, 0.5) is 5.69 Å². The van der Waals surface area contributed by atoms with E-state index in [4.69, 9.17) is 9.84 Å². The number of rotatable bonds is 12. The van der Waals surface area contributed by atoms with Crippen molar-refractivity contribution in [2.24, 2.45) is 0 Å². The molecule has 0 heterocycles. The third-order valence-corrected chi connectivity index (χ3v) is 4.81. The lowest BCUT2D eigenvalue weighted by atomic mass is 10.1. The SMILES string of the molecule is CN(C)c1ccc(/C=C/c2ccc(C(=O)OCCCCCCCCO)cc2)cc1. The maximum atomic E-state index is 12.1. The molecule has 29 heavy (non-hydrogen) atoms. The first kappa shape index (κ1) is 22.7. The first-order valence-corrected chi connectivity index (χ1v) is 10.4. The standard InChI is InChI=1S/C25H33NO3/c1-26(2)24-17-13-22(14-18-24)10-9-21-11-15-23(16-12-21)25(28)29-20-8-6-4-3-5-7-19-27/h9-18,27H,3-8,19-20H2,1-2H3/b10-9+. The summed E-state index contributed by atoms with van der Waals surface area (Å²) in [5, 5.41) is 8.74. The smallest absolute Gasteiger partial charge is 0.338 e. The monoisotopic (exact) mass is 395 g/mol. The number of unbranched alkanes of at least 4 members (excludes halogenated alkanes) is 5. The van der Waals surface area contributed by atoms with Crippen LogP contribution < -0.4 is 4.90 Å². The number of nitrogens with zero attached hydrogens (tertiary/aromatic N) is 1. The van der Waals surface area contributed by atoms with E-state index in [1.54, 1.807) is 0 Å². The molecule has 4 nitrogen and oxygen atoms in total. The molecule has 0 amide bonds. The van der Waals surface area contributed by atoms with Crippen LogP contribution in [-0.4, -0.2) is 38.4 Å². The average molecular weight is 396 g/mol. The van der Waals surface area contributed by atoms with Crippen molar-refractivity contribution in [2.75, 3.05) is 32.2 Å². The van der Waals surface area contributed by atoms with Gasteiger partial charge >= 0.3 is 5.97 Å². The van der Waals surface area contributed by atoms with Crippen LogP contribution in [0.25, 0.3) is 12.2 Å². The molecule has 0 spiro atoms. The van der Waals surface area contributed by atoms with E-state index in [0.717, 1.165) is 49.7 Å². The molecule has 0 saturated carbocycles. The minimum absolute atomic E-state index is 0.264. The molecule has 2 aromatic carbocycles. The Morgan fingerprint density at radius 1 is 0.828 bits per heavy atom. The third kappa shape index (κ3) is 8.53. The highest BCUT2D eigenvalue weighted by molar-refractivity contribution is 5.89. The van der Waals surface area contributed by atoms with Gasteiger partial charge in [0.1, 0.15) is 0 Å². The van der Waals surface area contributed by atoms with E-state index in [2.05, 4.69) is 35.2 Å². The molecule has 0 aliphatic carbocycles. The van der Waals surface area contributed by atoms with Crippen molar-refractivity contribution < 1.29 is 14.6 Å². The summed E-state index contributed by atoms with van der Waals surface area (Å²) in [6.07, 6.45) is 10.2. The molecule has 0 aromatic heterocycles. The van der Waals surface area contributed by atoms with E-state index in [1.165, 1.54) is 5.69 Å². The Morgan fingerprint density at radius 3 is 1.90 bits per heavy atom. The molecule has 0 saturated heterocycles. The normalized spacial score (nSPS) is 11.0. The topological polar surface area (TPSA) is 49.8 Å². The van der Waals surface area contributed by atoms with Crippen LogP contribution in [0.3, 0.4) is 0 Å². The summed E-state index contributed by atoms with van der Waals surface area (Å²) >= 11 is 0. The molecular formula is C25H33NO3. The third-order valence-electron chi connectivity index (χ3n) is 4.81. The minimum Gasteiger partial charge on any atom is -0.462 e. The Hall–Kier alpha value is -2.59. The van der Waals surface area contributed by atoms with Crippen LogP contribution in [0.2, 0.25) is 0 Å². The summed E-state index contributed by atoms with van der Waals surface area (Å²) in [4.78, 5) is 14.2. The van der Waals surface area contributed by atoms with Crippen LogP contribution in [-0.2, 0) is 4.74 Å². The molecular weight excluding hydrogens is 362 g/mol. The van der Waals surface area contributed by atoms with Gasteiger partial charge in [0.25, 0.3) is 0 Å². The maximum Gasteiger partial charge on any atom is 0.338 e. The summed E-state index contributed by atoms with van der Waals surface area (Å²) in [5.41, 5.74) is 3.93. The number of aliphatic hydroxyl groups excluding tert-OH is 1. The molecule has 0 bridgehead atoms. The van der Waals surface area contributed by atoms with Gasteiger partial charge in [0, 0.05) is 26.4 Å². The van der Waals surface area contributed by atoms with Gasteiger partial charge < -0.3 is 14.7 Å². The second kappa shape index (κ2) is 12.8. The molecule has 4 heteroatoms. The molecule has 0 radical (unpaired) electrons. The second-order valence-electron chi connectivity index (χ2n) is 7.42. The fourth-order valence-corrected chi connectivity index (χ4v) is 2.98. The quantitative estimate of drug-likeness (QED) is 0.296. The number of aliphatic hydroxyl groups is 1. The van der Waals surface area contributed by atoms with Crippen LogP contribution >= 0.6 is 0 Å². The van der Waals surface area contributed by atoms with Gasteiger partial charge in [0.15, 0.2) is 0 Å². The fourth-order valence-electron chi connectivity index (χ4n) is 2.98. The van der Waals surface area contributed by atoms with Gasteiger partial charge in [0.05, 0.1) is 12.2 Å². The number of hydrogen-bond donors (Lipinski definition) is 1. The van der Waals surface area contributed by atoms with Crippen LogP contribution in [0.5, 0.6) is 0 Å². The molecule has 156 valence electrons. The van der Waals surface area contributed by atoms with Gasteiger partial charge in [-0.1, -0.05) is 62.1 Å². The Labute approximate surface area is 174 Å². The molecule has 1 N–H and O–H groups in total. The maximum absolute atomic E-state index is 12.1. The second-order valence-corrected chi connectivity index (χ2v) is 7.42. The summed E-state index contributed by atoms with van der Waals surface area (Å²) in [6, 6.07) is 15.8. The number of anilines is 1. The van der Waals surface area contributed by atoms with Gasteiger partial charge in [-0.15, -0.1) is 0 Å². The number of benzene rings is 2. The zero-order valence-electron chi connectivity index (χ0n) is 17.6. The number of carbonyl (C=O) groups excluding carboxylic acids is 1. The van der Waals surface area contributed by atoms with E-state index >= 15 is 0 Å². The highest BCUT2D eigenvalue weighted by Gasteiger charge is 2.06. The van der Waals surface area contributed by atoms with E-state index < -0.39 is 0 Å². The molecule has 0 unspecified atom stereocenters. The largest absolute Gasteiger partial charge is 0.462 e. The Bertz CT molecular complexity index is 749. The van der Waals surface area contributed by atoms with E-state index in [9.17, 15) is 4.79 Å². The number of carbonyl (C=O) groups is 1. The first-order chi connectivity index (χ1) is 14.1. The van der Waals surface area contributed by atoms with Crippen molar-refractivity contribution in [1.82, 2.24) is 0 Å². The highest BCUT2D eigenvalue weighted by Crippen LogP contribution is 2.15. The Kier molecular flexibility index (Phi) is 10.0. The van der Waals surface area contributed by atoms with Crippen molar-refractivity contribution in [3.05, 3.63) is 65.2 Å². The van der Waals surface area contributed by atoms with Gasteiger partial charge in [-0.25, -0.2) is 4.79 Å². The summed E-state index contributed by atoms with van der Waals surface area (Å²) in [6.45, 7) is 0.736. The lowest BCUT2D eigenvalue weighted by molar-refractivity contribution is 0.0497. The molecule has 0 aliphatic rings. The summed E-state index contributed by atoms with van der Waals surface area (Å²) in [5.74, 6) is -0.264. The van der Waals surface area contributed by atoms with Crippen LogP contribution in [0, 0.1) is 0 Å². The predicted octanol–water partition coefficient (Wildman–Crippen LogP) is 5.41. The van der Waals surface area contributed by atoms with Crippen molar-refractivity contribution >= 4 is 23.8 Å². The summed E-state index contributed by atoms with van der Waals surface area (Å²) in [7, 11) is 4.05. The van der Waals surface area contributed by atoms with Crippen molar-refractivity contribution in [1.29, 1.82) is 0 Å². The van der Waals surface area contributed by atoms with Gasteiger partial charge in [-0.05, 0) is 48.2 Å². The molecule has 2 aromatic rings. The fraction of sp³-hybridized carbons (Fsp3) is 0.400. The number of esters is 1. The molecule has 0 aliphatic heterocycles. The van der Waals surface area contributed by atoms with Gasteiger partial charge in [-0.3, -0.25) is 0 Å². The molecule has 0 fully saturated rings. The van der Waals surface area contributed by atoms with Crippen molar-refractivity contribution in [2.45, 2.75) is 38.5 Å².